The number of nitrogens with zero attached hydrogens (tertiary/aromatic N) is 1. The molecule has 1 atom stereocenters. The van der Waals surface area contributed by atoms with E-state index in [9.17, 15) is 4.79 Å². The van der Waals surface area contributed by atoms with Crippen molar-refractivity contribution >= 4 is 5.91 Å². The maximum Gasteiger partial charge on any atom is 0.225 e. The predicted molar refractivity (Wildman–Crippen MR) is 69.8 cm³/mol. The van der Waals surface area contributed by atoms with Gasteiger partial charge in [0.2, 0.25) is 5.91 Å². The summed E-state index contributed by atoms with van der Waals surface area (Å²) < 4.78 is 5.82. The molecule has 1 heterocycles. The van der Waals surface area contributed by atoms with Crippen molar-refractivity contribution in [2.45, 2.75) is 53.1 Å². The minimum atomic E-state index is 0.106. The molecule has 1 fully saturated rings. The molecule has 1 aliphatic rings. The van der Waals surface area contributed by atoms with Crippen LogP contribution in [0.1, 0.15) is 47.0 Å². The Kier molecular flexibility index (Phi) is 5.96. The highest BCUT2D eigenvalue weighted by molar-refractivity contribution is 5.78. The largest absolute Gasteiger partial charge is 0.376 e. The Morgan fingerprint density at radius 1 is 1.35 bits per heavy atom. The maximum atomic E-state index is 11.8. The van der Waals surface area contributed by atoms with Crippen LogP contribution in [0, 0.1) is 11.8 Å². The molecule has 0 aromatic carbocycles. The molecule has 1 saturated heterocycles. The van der Waals surface area contributed by atoms with E-state index < -0.39 is 0 Å². The lowest BCUT2D eigenvalue weighted by atomic mass is 10.1. The van der Waals surface area contributed by atoms with Crippen molar-refractivity contribution in [1.29, 1.82) is 0 Å². The molecule has 1 aliphatic heterocycles. The van der Waals surface area contributed by atoms with E-state index in [1.54, 1.807) is 0 Å². The van der Waals surface area contributed by atoms with Gasteiger partial charge in [-0.1, -0.05) is 27.7 Å². The summed E-state index contributed by atoms with van der Waals surface area (Å²) in [4.78, 5) is 13.7. The average molecular weight is 241 g/mol. The number of carbonyl (C=O) groups is 1. The van der Waals surface area contributed by atoms with Gasteiger partial charge in [-0.05, 0) is 25.2 Å². The van der Waals surface area contributed by atoms with Crippen LogP contribution in [0.15, 0.2) is 0 Å². The van der Waals surface area contributed by atoms with Gasteiger partial charge in [-0.25, -0.2) is 0 Å². The number of amides is 1. The van der Waals surface area contributed by atoms with E-state index in [-0.39, 0.29) is 17.9 Å². The molecule has 0 aromatic heterocycles. The summed E-state index contributed by atoms with van der Waals surface area (Å²) in [6.07, 6.45) is 3.62. The molecule has 0 spiro atoms. The first-order valence-electron chi connectivity index (χ1n) is 6.91. The molecular formula is C14H27NO2. The minimum absolute atomic E-state index is 0.106. The van der Waals surface area contributed by atoms with E-state index in [0.29, 0.717) is 0 Å². The van der Waals surface area contributed by atoms with Crippen molar-refractivity contribution in [2.24, 2.45) is 11.8 Å². The fourth-order valence-electron chi connectivity index (χ4n) is 2.17. The van der Waals surface area contributed by atoms with Gasteiger partial charge in [0.1, 0.15) is 0 Å². The number of hydrogen-bond acceptors (Lipinski definition) is 2. The van der Waals surface area contributed by atoms with E-state index in [1.807, 2.05) is 18.7 Å². The van der Waals surface area contributed by atoms with Crippen LogP contribution >= 0.6 is 0 Å². The Labute approximate surface area is 106 Å². The number of carbonyl (C=O) groups excluding carboxylic acids is 1. The Morgan fingerprint density at radius 2 is 2.06 bits per heavy atom. The molecule has 0 saturated carbocycles. The zero-order valence-corrected chi connectivity index (χ0v) is 11.7. The van der Waals surface area contributed by atoms with Crippen molar-refractivity contribution in [3.8, 4) is 0 Å². The van der Waals surface area contributed by atoms with Gasteiger partial charge in [0.05, 0.1) is 6.10 Å². The summed E-state index contributed by atoms with van der Waals surface area (Å²) in [6, 6.07) is 0. The Morgan fingerprint density at radius 3 is 2.65 bits per heavy atom. The first kappa shape index (κ1) is 14.5. The third-order valence-electron chi connectivity index (χ3n) is 3.23. The second-order valence-electron chi connectivity index (χ2n) is 5.76. The molecule has 1 rings (SSSR count). The normalized spacial score (nSPS) is 20.6. The molecule has 0 radical (unpaired) electrons. The summed E-state index contributed by atoms with van der Waals surface area (Å²) in [5.74, 6) is 1.12. The fraction of sp³-hybridized carbons (Fsp3) is 0.929. The van der Waals surface area contributed by atoms with Crippen LogP contribution in [0.25, 0.3) is 0 Å². The summed E-state index contributed by atoms with van der Waals surface area (Å²) >= 11 is 0. The molecule has 1 amide bonds. The third kappa shape index (κ3) is 5.07. The first-order valence-corrected chi connectivity index (χ1v) is 6.91. The van der Waals surface area contributed by atoms with Crippen LogP contribution < -0.4 is 0 Å². The van der Waals surface area contributed by atoms with E-state index in [0.717, 1.165) is 38.5 Å². The SMILES string of the molecule is CC(C)CCCO[C@@H]1CCN(C(=O)C(C)C)C1. The molecule has 0 unspecified atom stereocenters. The van der Waals surface area contributed by atoms with Gasteiger partial charge >= 0.3 is 0 Å². The Hall–Kier alpha value is -0.570. The van der Waals surface area contributed by atoms with Crippen LogP contribution in [0.2, 0.25) is 0 Å². The van der Waals surface area contributed by atoms with Crippen molar-refractivity contribution in [1.82, 2.24) is 4.90 Å². The van der Waals surface area contributed by atoms with Gasteiger partial charge < -0.3 is 9.64 Å². The smallest absolute Gasteiger partial charge is 0.225 e. The number of hydrogen-bond donors (Lipinski definition) is 0. The molecule has 0 aromatic rings. The Balaban J connectivity index is 2.15. The van der Waals surface area contributed by atoms with Gasteiger partial charge in [-0.15, -0.1) is 0 Å². The second-order valence-corrected chi connectivity index (χ2v) is 5.76. The predicted octanol–water partition coefficient (Wildman–Crippen LogP) is 2.70. The van der Waals surface area contributed by atoms with Crippen molar-refractivity contribution in [3.63, 3.8) is 0 Å². The fourth-order valence-corrected chi connectivity index (χ4v) is 2.17. The zero-order chi connectivity index (χ0) is 12.8. The molecular weight excluding hydrogens is 214 g/mol. The van der Waals surface area contributed by atoms with Gasteiger partial charge in [-0.3, -0.25) is 4.79 Å². The topological polar surface area (TPSA) is 29.5 Å². The highest BCUT2D eigenvalue weighted by Gasteiger charge is 2.27. The van der Waals surface area contributed by atoms with Crippen molar-refractivity contribution in [3.05, 3.63) is 0 Å². The lowest BCUT2D eigenvalue weighted by Gasteiger charge is -2.18. The minimum Gasteiger partial charge on any atom is -0.376 e. The summed E-state index contributed by atoms with van der Waals surface area (Å²) in [5.41, 5.74) is 0. The van der Waals surface area contributed by atoms with E-state index in [1.165, 1.54) is 6.42 Å². The average Bonchev–Trinajstić information content (AvgIpc) is 2.71. The maximum absolute atomic E-state index is 11.8. The van der Waals surface area contributed by atoms with Crippen LogP contribution in [0.3, 0.4) is 0 Å². The van der Waals surface area contributed by atoms with Crippen molar-refractivity contribution < 1.29 is 9.53 Å². The summed E-state index contributed by atoms with van der Waals surface area (Å²) in [5, 5.41) is 0. The Bertz CT molecular complexity index is 238. The zero-order valence-electron chi connectivity index (χ0n) is 11.7. The highest BCUT2D eigenvalue weighted by Crippen LogP contribution is 2.16. The van der Waals surface area contributed by atoms with Crippen LogP contribution in [0.4, 0.5) is 0 Å². The lowest BCUT2D eigenvalue weighted by Crippen LogP contribution is -2.33. The van der Waals surface area contributed by atoms with Crippen molar-refractivity contribution in [2.75, 3.05) is 19.7 Å². The van der Waals surface area contributed by atoms with Gasteiger partial charge in [0.25, 0.3) is 0 Å². The van der Waals surface area contributed by atoms with Gasteiger partial charge in [-0.2, -0.15) is 0 Å². The van der Waals surface area contributed by atoms with E-state index in [2.05, 4.69) is 13.8 Å². The molecule has 17 heavy (non-hydrogen) atoms. The van der Waals surface area contributed by atoms with Gasteiger partial charge in [0.15, 0.2) is 0 Å². The van der Waals surface area contributed by atoms with E-state index >= 15 is 0 Å². The highest BCUT2D eigenvalue weighted by atomic mass is 16.5. The summed E-state index contributed by atoms with van der Waals surface area (Å²) in [6.45, 7) is 10.9. The molecule has 3 nitrogen and oxygen atoms in total. The molecule has 100 valence electrons. The second kappa shape index (κ2) is 7.00. The molecule has 0 bridgehead atoms. The quantitative estimate of drug-likeness (QED) is 0.669. The molecule has 3 heteroatoms. The van der Waals surface area contributed by atoms with Gasteiger partial charge in [0, 0.05) is 25.6 Å². The standard InChI is InChI=1S/C14H27NO2/c1-11(2)6-5-9-17-13-7-8-15(10-13)14(16)12(3)4/h11-13H,5-10H2,1-4H3/t13-/m1/s1. The first-order chi connectivity index (χ1) is 8.00. The lowest BCUT2D eigenvalue weighted by molar-refractivity contribution is -0.133. The molecule has 0 N–H and O–H groups in total. The number of rotatable bonds is 6. The molecule has 0 aliphatic carbocycles. The van der Waals surface area contributed by atoms with Crippen LogP contribution in [0.5, 0.6) is 0 Å². The third-order valence-corrected chi connectivity index (χ3v) is 3.23. The van der Waals surface area contributed by atoms with Crippen LogP contribution in [-0.4, -0.2) is 36.6 Å². The monoisotopic (exact) mass is 241 g/mol. The summed E-state index contributed by atoms with van der Waals surface area (Å²) in [7, 11) is 0. The van der Waals surface area contributed by atoms with E-state index in [4.69, 9.17) is 4.74 Å². The van der Waals surface area contributed by atoms with Crippen LogP contribution in [-0.2, 0) is 9.53 Å². The number of likely N-dealkylation sites (tertiary alicyclic amines) is 1. The number of ether oxygens (including phenoxy) is 1.